The van der Waals surface area contributed by atoms with Crippen LogP contribution in [-0.4, -0.2) is 42.8 Å². The van der Waals surface area contributed by atoms with Crippen molar-refractivity contribution in [2.24, 2.45) is 0 Å². The number of hydrogen-bond donors (Lipinski definition) is 1. The van der Waals surface area contributed by atoms with Gasteiger partial charge in [-0.3, -0.25) is 9.59 Å². The number of amides is 2. The highest BCUT2D eigenvalue weighted by molar-refractivity contribution is 7.91. The van der Waals surface area contributed by atoms with Crippen LogP contribution < -0.4 is 5.32 Å². The van der Waals surface area contributed by atoms with Crippen molar-refractivity contribution in [2.75, 3.05) is 11.6 Å². The minimum Gasteiger partial charge on any atom is -0.348 e. The Hall–Kier alpha value is -2.67. The standard InChI is InChI=1S/C19H20N2O4S/c1-14(15-8-4-2-5-9-15)20-18(22)17-12-26(24,25)13-21(17)19(23)16-10-6-3-7-11-16/h2-11,14,17H,12-13H2,1H3,(H,20,22)/t14-,17+/m1/s1. The van der Waals surface area contributed by atoms with Crippen LogP contribution in [0.2, 0.25) is 0 Å². The van der Waals surface area contributed by atoms with Crippen LogP contribution in [0.15, 0.2) is 60.7 Å². The summed E-state index contributed by atoms with van der Waals surface area (Å²) in [5, 5.41) is 2.81. The molecule has 1 saturated heterocycles. The number of benzene rings is 2. The minimum absolute atomic E-state index is 0.291. The number of carbonyl (C=O) groups excluding carboxylic acids is 2. The molecule has 2 atom stereocenters. The molecule has 0 bridgehead atoms. The fourth-order valence-corrected chi connectivity index (χ4v) is 4.62. The Morgan fingerprint density at radius 2 is 1.62 bits per heavy atom. The highest BCUT2D eigenvalue weighted by Crippen LogP contribution is 2.21. The van der Waals surface area contributed by atoms with Crippen LogP contribution in [0.3, 0.4) is 0 Å². The quantitative estimate of drug-likeness (QED) is 0.886. The molecule has 6 nitrogen and oxygen atoms in total. The van der Waals surface area contributed by atoms with Gasteiger partial charge in [0.05, 0.1) is 11.8 Å². The summed E-state index contributed by atoms with van der Waals surface area (Å²) < 4.78 is 24.1. The van der Waals surface area contributed by atoms with E-state index in [1.165, 1.54) is 0 Å². The summed E-state index contributed by atoms with van der Waals surface area (Å²) >= 11 is 0. The Labute approximate surface area is 152 Å². The summed E-state index contributed by atoms with van der Waals surface area (Å²) in [6.07, 6.45) is 0. The molecule has 0 aliphatic carbocycles. The van der Waals surface area contributed by atoms with Crippen LogP contribution >= 0.6 is 0 Å². The largest absolute Gasteiger partial charge is 0.348 e. The van der Waals surface area contributed by atoms with Crippen LogP contribution in [0.5, 0.6) is 0 Å². The zero-order valence-electron chi connectivity index (χ0n) is 14.3. The first kappa shape index (κ1) is 18.1. The first-order valence-corrected chi connectivity index (χ1v) is 10.1. The second-order valence-corrected chi connectivity index (χ2v) is 8.42. The topological polar surface area (TPSA) is 83.6 Å². The lowest BCUT2D eigenvalue weighted by molar-refractivity contribution is -0.125. The number of nitrogens with zero attached hydrogens (tertiary/aromatic N) is 1. The monoisotopic (exact) mass is 372 g/mol. The Morgan fingerprint density at radius 1 is 1.04 bits per heavy atom. The first-order valence-electron chi connectivity index (χ1n) is 8.29. The lowest BCUT2D eigenvalue weighted by atomic mass is 10.1. The van der Waals surface area contributed by atoms with E-state index in [1.807, 2.05) is 37.3 Å². The van der Waals surface area contributed by atoms with Gasteiger partial charge in [0.2, 0.25) is 5.91 Å². The van der Waals surface area contributed by atoms with Gasteiger partial charge >= 0.3 is 0 Å². The molecule has 1 aliphatic rings. The van der Waals surface area contributed by atoms with Crippen LogP contribution in [0.4, 0.5) is 0 Å². The zero-order chi connectivity index (χ0) is 18.7. The normalized spacial score (nSPS) is 19.7. The maximum absolute atomic E-state index is 12.7. The third-order valence-corrected chi connectivity index (χ3v) is 5.86. The third-order valence-electron chi connectivity index (χ3n) is 4.37. The van der Waals surface area contributed by atoms with E-state index < -0.39 is 33.6 Å². The van der Waals surface area contributed by atoms with Crippen molar-refractivity contribution in [3.63, 3.8) is 0 Å². The van der Waals surface area contributed by atoms with E-state index in [0.29, 0.717) is 5.56 Å². The van der Waals surface area contributed by atoms with Gasteiger partial charge in [-0.25, -0.2) is 8.42 Å². The van der Waals surface area contributed by atoms with Gasteiger partial charge in [0, 0.05) is 5.56 Å². The van der Waals surface area contributed by atoms with Crippen LogP contribution in [-0.2, 0) is 14.6 Å². The van der Waals surface area contributed by atoms with Crippen molar-refractivity contribution in [1.29, 1.82) is 0 Å². The predicted molar refractivity (Wildman–Crippen MR) is 98.1 cm³/mol. The van der Waals surface area contributed by atoms with Crippen molar-refractivity contribution in [2.45, 2.75) is 19.0 Å². The van der Waals surface area contributed by atoms with Gasteiger partial charge in [-0.2, -0.15) is 0 Å². The van der Waals surface area contributed by atoms with Crippen molar-refractivity contribution in [1.82, 2.24) is 10.2 Å². The average Bonchev–Trinajstić information content (AvgIpc) is 2.98. The molecule has 7 heteroatoms. The molecule has 0 saturated carbocycles. The highest BCUT2D eigenvalue weighted by atomic mass is 32.2. The van der Waals surface area contributed by atoms with Crippen molar-refractivity contribution >= 4 is 21.7 Å². The van der Waals surface area contributed by atoms with E-state index in [0.717, 1.165) is 10.5 Å². The second-order valence-electron chi connectivity index (χ2n) is 6.34. The van der Waals surface area contributed by atoms with Crippen molar-refractivity contribution < 1.29 is 18.0 Å². The second kappa shape index (κ2) is 7.29. The molecule has 0 spiro atoms. The molecule has 0 aromatic heterocycles. The maximum Gasteiger partial charge on any atom is 0.255 e. The van der Waals surface area contributed by atoms with E-state index in [9.17, 15) is 18.0 Å². The molecular formula is C19H20N2O4S. The lowest BCUT2D eigenvalue weighted by Crippen LogP contribution is -2.47. The molecule has 1 aliphatic heterocycles. The molecule has 1 N–H and O–H groups in total. The number of rotatable bonds is 4. The summed E-state index contributed by atoms with van der Waals surface area (Å²) in [7, 11) is -3.50. The van der Waals surface area contributed by atoms with Gasteiger partial charge in [0.15, 0.2) is 9.84 Å². The van der Waals surface area contributed by atoms with Crippen molar-refractivity contribution in [3.8, 4) is 0 Å². The summed E-state index contributed by atoms with van der Waals surface area (Å²) in [5.74, 6) is -1.73. The number of carbonyl (C=O) groups is 2. The predicted octanol–water partition coefficient (Wildman–Crippen LogP) is 1.76. The van der Waals surface area contributed by atoms with Gasteiger partial charge in [0.25, 0.3) is 5.91 Å². The fraction of sp³-hybridized carbons (Fsp3) is 0.263. The SMILES string of the molecule is C[C@@H](NC(=O)[C@@H]1CS(=O)(=O)CN1C(=O)c1ccccc1)c1ccccc1. The fourth-order valence-electron chi connectivity index (χ4n) is 2.98. The molecule has 0 unspecified atom stereocenters. The lowest BCUT2D eigenvalue weighted by Gasteiger charge is -2.24. The molecule has 2 aromatic rings. The molecule has 136 valence electrons. The Kier molecular flexibility index (Phi) is 5.08. The molecule has 2 amide bonds. The Balaban J connectivity index is 1.79. The third kappa shape index (κ3) is 3.94. The van der Waals surface area contributed by atoms with E-state index in [1.54, 1.807) is 30.3 Å². The van der Waals surface area contributed by atoms with E-state index in [2.05, 4.69) is 5.32 Å². The highest BCUT2D eigenvalue weighted by Gasteiger charge is 2.43. The van der Waals surface area contributed by atoms with Crippen LogP contribution in [0.25, 0.3) is 0 Å². The van der Waals surface area contributed by atoms with Crippen LogP contribution in [0, 0.1) is 0 Å². The summed E-state index contributed by atoms with van der Waals surface area (Å²) in [6.45, 7) is 1.82. The summed E-state index contributed by atoms with van der Waals surface area (Å²) in [5.41, 5.74) is 1.26. The molecule has 26 heavy (non-hydrogen) atoms. The Morgan fingerprint density at radius 3 is 2.23 bits per heavy atom. The first-order chi connectivity index (χ1) is 12.4. The molecular weight excluding hydrogens is 352 g/mol. The number of nitrogens with one attached hydrogen (secondary N) is 1. The molecule has 1 heterocycles. The average molecular weight is 372 g/mol. The summed E-state index contributed by atoms with van der Waals surface area (Å²) in [6, 6.07) is 16.4. The molecule has 2 aromatic carbocycles. The molecule has 0 radical (unpaired) electrons. The zero-order valence-corrected chi connectivity index (χ0v) is 15.1. The number of sulfone groups is 1. The molecule has 1 fully saturated rings. The van der Waals surface area contributed by atoms with E-state index in [-0.39, 0.29) is 11.8 Å². The van der Waals surface area contributed by atoms with Crippen LogP contribution in [0.1, 0.15) is 28.9 Å². The smallest absolute Gasteiger partial charge is 0.255 e. The van der Waals surface area contributed by atoms with Gasteiger partial charge in [-0.1, -0.05) is 48.5 Å². The summed E-state index contributed by atoms with van der Waals surface area (Å²) in [4.78, 5) is 26.5. The van der Waals surface area contributed by atoms with Crippen molar-refractivity contribution in [3.05, 3.63) is 71.8 Å². The Bertz CT molecular complexity index is 898. The number of hydrogen-bond acceptors (Lipinski definition) is 4. The van der Waals surface area contributed by atoms with Gasteiger partial charge in [0.1, 0.15) is 11.9 Å². The maximum atomic E-state index is 12.7. The minimum atomic E-state index is -3.50. The van der Waals surface area contributed by atoms with E-state index in [4.69, 9.17) is 0 Å². The van der Waals surface area contributed by atoms with Gasteiger partial charge < -0.3 is 10.2 Å². The van der Waals surface area contributed by atoms with E-state index >= 15 is 0 Å². The van der Waals surface area contributed by atoms with Gasteiger partial charge in [-0.05, 0) is 24.6 Å². The van der Waals surface area contributed by atoms with Gasteiger partial charge in [-0.15, -0.1) is 0 Å². The molecule has 3 rings (SSSR count).